The van der Waals surface area contributed by atoms with Crippen LogP contribution in [0.4, 0.5) is 0 Å². The molecular formula is C5H17B3N4O3. The Kier molecular flexibility index (Phi) is 15.2. The van der Waals surface area contributed by atoms with Gasteiger partial charge in [0, 0.05) is 6.67 Å². The van der Waals surface area contributed by atoms with Crippen LogP contribution in [-0.2, 0) is 4.70 Å². The third-order valence-electron chi connectivity index (χ3n) is 1.06. The molecule has 15 heavy (non-hydrogen) atoms. The van der Waals surface area contributed by atoms with Crippen LogP contribution in [0, 0.1) is 0 Å². The molecule has 0 saturated heterocycles. The van der Waals surface area contributed by atoms with Crippen molar-refractivity contribution in [3.8, 4) is 0 Å². The Bertz CT molecular complexity index is 170. The fraction of sp³-hybridized carbons (Fsp3) is 0.800. The summed E-state index contributed by atoms with van der Waals surface area (Å²) in [6.07, 6.45) is 1.13. The van der Waals surface area contributed by atoms with E-state index in [0.717, 1.165) is 6.11 Å². The molecule has 7 nitrogen and oxygen atoms in total. The van der Waals surface area contributed by atoms with Gasteiger partial charge in [0.15, 0.2) is 0 Å². The molecule has 0 bridgehead atoms. The molecule has 0 saturated carbocycles. The minimum atomic E-state index is -0.575. The van der Waals surface area contributed by atoms with Gasteiger partial charge in [0.25, 0.3) is 0 Å². The number of nitrogens with zero attached hydrogens (tertiary/aromatic N) is 1. The van der Waals surface area contributed by atoms with Crippen LogP contribution in [0.15, 0.2) is 4.99 Å². The summed E-state index contributed by atoms with van der Waals surface area (Å²) >= 11 is 0. The zero-order chi connectivity index (χ0) is 12.1. The number of hydrogen-bond donors (Lipinski definition) is 5. The summed E-state index contributed by atoms with van der Waals surface area (Å²) in [5.74, 6) is 0. The van der Waals surface area contributed by atoms with Crippen molar-refractivity contribution < 1.29 is 14.8 Å². The molecule has 0 spiro atoms. The zero-order valence-corrected chi connectivity index (χ0v) is 9.05. The SMILES string of the molecule is CB(O)NCN.CB(O)NCN=CB=O. The molecule has 6 N–H and O–H groups in total. The summed E-state index contributed by atoms with van der Waals surface area (Å²) in [6.45, 7) is 3.80. The van der Waals surface area contributed by atoms with Gasteiger partial charge in [-0.3, -0.25) is 0 Å². The quantitative estimate of drug-likeness (QED) is 0.186. The van der Waals surface area contributed by atoms with Crippen molar-refractivity contribution in [1.29, 1.82) is 0 Å². The van der Waals surface area contributed by atoms with Gasteiger partial charge in [0.1, 0.15) is 0 Å². The molecule has 0 rings (SSSR count). The van der Waals surface area contributed by atoms with Crippen LogP contribution < -0.4 is 16.2 Å². The third kappa shape index (κ3) is 24.7. The predicted molar refractivity (Wildman–Crippen MR) is 62.8 cm³/mol. The van der Waals surface area contributed by atoms with Gasteiger partial charge in [-0.15, -0.1) is 0 Å². The van der Waals surface area contributed by atoms with E-state index in [1.165, 1.54) is 0 Å². The molecule has 0 aliphatic carbocycles. The first-order chi connectivity index (χ1) is 7.04. The molecule has 0 heterocycles. The maximum absolute atomic E-state index is 9.61. The average Bonchev–Trinajstić information content (AvgIpc) is 2.13. The molecular weight excluding hydrogens is 197 g/mol. The molecule has 0 unspecified atom stereocenters. The van der Waals surface area contributed by atoms with Crippen LogP contribution >= 0.6 is 0 Å². The van der Waals surface area contributed by atoms with E-state index >= 15 is 0 Å². The number of rotatable bonds is 6. The molecule has 0 aromatic carbocycles. The van der Waals surface area contributed by atoms with E-state index in [2.05, 4.69) is 15.4 Å². The number of aliphatic imine (C=N–C) groups is 1. The Hall–Kier alpha value is -0.535. The second-order valence-electron chi connectivity index (χ2n) is 2.59. The molecule has 0 fully saturated rings. The maximum atomic E-state index is 9.61. The molecule has 0 aliphatic rings. The van der Waals surface area contributed by atoms with Crippen LogP contribution in [0.2, 0.25) is 13.6 Å². The Balaban J connectivity index is 0. The molecule has 0 aromatic rings. The van der Waals surface area contributed by atoms with Crippen molar-refractivity contribution in [2.45, 2.75) is 13.6 Å². The first-order valence-electron chi connectivity index (χ1n) is 4.51. The van der Waals surface area contributed by atoms with Gasteiger partial charge in [-0.05, 0) is 6.82 Å². The molecule has 84 valence electrons. The summed E-state index contributed by atoms with van der Waals surface area (Å²) in [5, 5.41) is 22.1. The van der Waals surface area contributed by atoms with E-state index in [1.807, 2.05) is 0 Å². The molecule has 0 atom stereocenters. The van der Waals surface area contributed by atoms with Crippen LogP contribution in [0.3, 0.4) is 0 Å². The second-order valence-corrected chi connectivity index (χ2v) is 2.59. The summed E-state index contributed by atoms with van der Waals surface area (Å²) in [4.78, 5) is 3.57. The van der Waals surface area contributed by atoms with Gasteiger partial charge >= 0.3 is 60.8 Å². The second kappa shape index (κ2) is 13.5. The van der Waals surface area contributed by atoms with E-state index in [9.17, 15) is 4.70 Å². The van der Waals surface area contributed by atoms with Crippen molar-refractivity contribution in [3.63, 3.8) is 0 Å². The first kappa shape index (κ1) is 16.9. The minimum absolute atomic E-state index is 0.274. The Morgan fingerprint density at radius 3 is 2.20 bits per heavy atom. The van der Waals surface area contributed by atoms with Crippen molar-refractivity contribution in [2.24, 2.45) is 10.7 Å². The Labute approximate surface area is 91.1 Å². The zero-order valence-electron chi connectivity index (χ0n) is 9.05. The van der Waals surface area contributed by atoms with Gasteiger partial charge in [-0.2, -0.15) is 0 Å². The van der Waals surface area contributed by atoms with Crippen molar-refractivity contribution >= 4 is 27.4 Å². The van der Waals surface area contributed by atoms with E-state index in [0.29, 0.717) is 13.8 Å². The standard InChI is InChI=1S/C3H8B2N2O2.C2H9BN2O/c1-5(9)7-3-6-2-4-8;1-3(6)5-2-4/h2,7,9H,3H2,1H3;5-6H,2,4H2,1H3. The van der Waals surface area contributed by atoms with Crippen LogP contribution in [-0.4, -0.2) is 50.8 Å². The predicted octanol–water partition coefficient (Wildman–Crippen LogP) is -2.68. The summed E-state index contributed by atoms with van der Waals surface area (Å²) in [7, 11) is -0.465. The number of hydrogen-bond acceptors (Lipinski definition) is 7. The van der Waals surface area contributed by atoms with Gasteiger partial charge in [0.05, 0.1) is 0 Å². The molecule has 10 heteroatoms. The average molecular weight is 214 g/mol. The molecule has 0 radical (unpaired) electrons. The monoisotopic (exact) mass is 214 g/mol. The van der Waals surface area contributed by atoms with Gasteiger partial charge in [-0.1, -0.05) is 0 Å². The topological polar surface area (TPSA) is 120 Å². The van der Waals surface area contributed by atoms with Crippen LogP contribution in [0.5, 0.6) is 0 Å². The molecule has 0 amide bonds. The van der Waals surface area contributed by atoms with Crippen molar-refractivity contribution in [1.82, 2.24) is 10.5 Å². The van der Waals surface area contributed by atoms with Crippen LogP contribution in [0.25, 0.3) is 0 Å². The summed E-state index contributed by atoms with van der Waals surface area (Å²) in [6, 6.07) is 0. The normalized spacial score (nSPS) is 9.13. The Morgan fingerprint density at radius 2 is 1.93 bits per heavy atom. The first-order valence-corrected chi connectivity index (χ1v) is 4.51. The molecule has 0 aliphatic heterocycles. The van der Waals surface area contributed by atoms with Crippen LogP contribution in [0.1, 0.15) is 0 Å². The number of nitrogens with two attached hydrogens (primary N) is 1. The van der Waals surface area contributed by atoms with Gasteiger partial charge in [-0.25, -0.2) is 0 Å². The van der Waals surface area contributed by atoms with Crippen molar-refractivity contribution in [2.75, 3.05) is 13.3 Å². The van der Waals surface area contributed by atoms with Gasteiger partial charge in [0.2, 0.25) is 0 Å². The fourth-order valence-corrected chi connectivity index (χ4v) is 0.451. The summed E-state index contributed by atoms with van der Waals surface area (Å²) < 4.78 is 9.61. The van der Waals surface area contributed by atoms with Crippen molar-refractivity contribution in [3.05, 3.63) is 0 Å². The van der Waals surface area contributed by atoms with E-state index in [4.69, 9.17) is 15.8 Å². The fourth-order valence-electron chi connectivity index (χ4n) is 0.451. The molecule has 0 aromatic heterocycles. The third-order valence-corrected chi connectivity index (χ3v) is 1.06. The number of nitrogens with one attached hydrogen (secondary N) is 2. The van der Waals surface area contributed by atoms with E-state index in [1.54, 1.807) is 13.6 Å². The van der Waals surface area contributed by atoms with E-state index in [-0.39, 0.29) is 6.67 Å². The van der Waals surface area contributed by atoms with E-state index < -0.39 is 14.1 Å². The Morgan fingerprint density at radius 1 is 1.40 bits per heavy atom. The summed E-state index contributed by atoms with van der Waals surface area (Å²) in [5.41, 5.74) is 4.96. The van der Waals surface area contributed by atoms with Gasteiger partial charge < -0.3 is 16.0 Å².